The summed E-state index contributed by atoms with van der Waals surface area (Å²) in [6, 6.07) is 16.8. The molecule has 0 fully saturated rings. The number of amides is 2. The van der Waals surface area contributed by atoms with Crippen LogP contribution in [-0.2, 0) is 11.2 Å². The lowest BCUT2D eigenvalue weighted by molar-refractivity contribution is -0.120. The van der Waals surface area contributed by atoms with Crippen molar-refractivity contribution in [2.24, 2.45) is 0 Å². The Morgan fingerprint density at radius 2 is 1.61 bits per heavy atom. The molecule has 3 rings (SSSR count). The van der Waals surface area contributed by atoms with E-state index in [1.165, 1.54) is 0 Å². The van der Waals surface area contributed by atoms with E-state index in [9.17, 15) is 9.59 Å². The van der Waals surface area contributed by atoms with Gasteiger partial charge in [-0.2, -0.15) is 0 Å². The molecule has 1 heterocycles. The van der Waals surface area contributed by atoms with E-state index in [1.807, 2.05) is 49.4 Å². The predicted molar refractivity (Wildman–Crippen MR) is 107 cm³/mol. The van der Waals surface area contributed by atoms with Gasteiger partial charge in [-0.1, -0.05) is 35.9 Å². The van der Waals surface area contributed by atoms with Crippen LogP contribution in [0.25, 0.3) is 11.5 Å². The molecule has 0 saturated carbocycles. The molecule has 2 N–H and O–H groups in total. The van der Waals surface area contributed by atoms with Gasteiger partial charge in [-0.05, 0) is 38.1 Å². The smallest absolute Gasteiger partial charge is 0.251 e. The summed E-state index contributed by atoms with van der Waals surface area (Å²) >= 11 is 0. The van der Waals surface area contributed by atoms with Crippen LogP contribution in [0.15, 0.2) is 59.0 Å². The second-order valence-corrected chi connectivity index (χ2v) is 6.54. The molecule has 6 nitrogen and oxygen atoms in total. The first kappa shape index (κ1) is 19.4. The molecule has 0 bridgehead atoms. The van der Waals surface area contributed by atoms with E-state index >= 15 is 0 Å². The summed E-state index contributed by atoms with van der Waals surface area (Å²) in [6.07, 6.45) is 0.133. The Kier molecular flexibility index (Phi) is 6.22. The minimum absolute atomic E-state index is 0.133. The standard InChI is InChI=1S/C22H23N3O3/c1-15-8-10-18(11-9-15)22-25-19(16(2)28-22)14-20(26)23-12-13-24-21(27)17-6-4-3-5-7-17/h3-11H,12-14H2,1-2H3,(H,23,26)(H,24,27). The van der Waals surface area contributed by atoms with Crippen molar-refractivity contribution >= 4 is 11.8 Å². The van der Waals surface area contributed by atoms with E-state index in [0.717, 1.165) is 11.1 Å². The van der Waals surface area contributed by atoms with Crippen LogP contribution < -0.4 is 10.6 Å². The number of nitrogens with one attached hydrogen (secondary N) is 2. The highest BCUT2D eigenvalue weighted by molar-refractivity contribution is 5.94. The lowest BCUT2D eigenvalue weighted by Gasteiger charge is -2.06. The number of hydrogen-bond donors (Lipinski definition) is 2. The summed E-state index contributed by atoms with van der Waals surface area (Å²) in [5.41, 5.74) is 3.24. The molecular weight excluding hydrogens is 354 g/mol. The third-order valence-electron chi connectivity index (χ3n) is 4.29. The Labute approximate surface area is 164 Å². The monoisotopic (exact) mass is 377 g/mol. The molecule has 2 amide bonds. The zero-order valence-electron chi connectivity index (χ0n) is 16.0. The van der Waals surface area contributed by atoms with Gasteiger partial charge in [0.25, 0.3) is 5.91 Å². The van der Waals surface area contributed by atoms with Crippen molar-refractivity contribution in [3.63, 3.8) is 0 Å². The van der Waals surface area contributed by atoms with Gasteiger partial charge in [0.15, 0.2) is 0 Å². The fourth-order valence-corrected chi connectivity index (χ4v) is 2.70. The summed E-state index contributed by atoms with van der Waals surface area (Å²) in [4.78, 5) is 28.6. The summed E-state index contributed by atoms with van der Waals surface area (Å²) in [5.74, 6) is 0.810. The first-order valence-corrected chi connectivity index (χ1v) is 9.16. The molecule has 28 heavy (non-hydrogen) atoms. The van der Waals surface area contributed by atoms with E-state index in [2.05, 4.69) is 15.6 Å². The van der Waals surface area contributed by atoms with Crippen LogP contribution in [0.5, 0.6) is 0 Å². The average molecular weight is 377 g/mol. The van der Waals surface area contributed by atoms with Gasteiger partial charge in [0.2, 0.25) is 11.8 Å². The van der Waals surface area contributed by atoms with Gasteiger partial charge in [0, 0.05) is 24.2 Å². The number of oxazole rings is 1. The maximum atomic E-state index is 12.2. The Hall–Kier alpha value is -3.41. The fraction of sp³-hybridized carbons (Fsp3) is 0.227. The van der Waals surface area contributed by atoms with Crippen LogP contribution in [0.3, 0.4) is 0 Å². The predicted octanol–water partition coefficient (Wildman–Crippen LogP) is 3.05. The Morgan fingerprint density at radius 1 is 0.929 bits per heavy atom. The molecular formula is C22H23N3O3. The van der Waals surface area contributed by atoms with E-state index in [-0.39, 0.29) is 18.2 Å². The molecule has 0 saturated heterocycles. The molecule has 2 aromatic carbocycles. The third-order valence-corrected chi connectivity index (χ3v) is 4.29. The fourth-order valence-electron chi connectivity index (χ4n) is 2.70. The molecule has 0 unspecified atom stereocenters. The van der Waals surface area contributed by atoms with Gasteiger partial charge in [-0.3, -0.25) is 9.59 Å². The van der Waals surface area contributed by atoms with Crippen LogP contribution in [-0.4, -0.2) is 29.9 Å². The lowest BCUT2D eigenvalue weighted by atomic mass is 10.1. The molecule has 144 valence electrons. The van der Waals surface area contributed by atoms with Crippen LogP contribution in [0.2, 0.25) is 0 Å². The quantitative estimate of drug-likeness (QED) is 0.620. The Balaban J connectivity index is 1.47. The molecule has 3 aromatic rings. The van der Waals surface area contributed by atoms with Gasteiger partial charge < -0.3 is 15.1 Å². The summed E-state index contributed by atoms with van der Waals surface area (Å²) in [7, 11) is 0. The summed E-state index contributed by atoms with van der Waals surface area (Å²) < 4.78 is 5.70. The molecule has 0 atom stereocenters. The van der Waals surface area contributed by atoms with Crippen molar-refractivity contribution in [2.45, 2.75) is 20.3 Å². The molecule has 6 heteroatoms. The van der Waals surface area contributed by atoms with Crippen molar-refractivity contribution in [1.29, 1.82) is 0 Å². The summed E-state index contributed by atoms with van der Waals surface area (Å²) in [6.45, 7) is 4.51. The van der Waals surface area contributed by atoms with Crippen molar-refractivity contribution in [3.05, 3.63) is 77.2 Å². The zero-order chi connectivity index (χ0) is 19.9. The highest BCUT2D eigenvalue weighted by Crippen LogP contribution is 2.22. The van der Waals surface area contributed by atoms with Crippen LogP contribution in [0, 0.1) is 13.8 Å². The number of carbonyl (C=O) groups is 2. The van der Waals surface area contributed by atoms with Gasteiger partial charge in [0.05, 0.1) is 12.1 Å². The zero-order valence-corrected chi connectivity index (χ0v) is 16.0. The second-order valence-electron chi connectivity index (χ2n) is 6.54. The van der Waals surface area contributed by atoms with Gasteiger partial charge in [-0.15, -0.1) is 0 Å². The maximum Gasteiger partial charge on any atom is 0.251 e. The normalized spacial score (nSPS) is 10.5. The first-order valence-electron chi connectivity index (χ1n) is 9.16. The Morgan fingerprint density at radius 3 is 2.32 bits per heavy atom. The highest BCUT2D eigenvalue weighted by atomic mass is 16.4. The molecule has 0 aliphatic rings. The van der Waals surface area contributed by atoms with Gasteiger partial charge in [0.1, 0.15) is 5.76 Å². The number of aromatic nitrogens is 1. The van der Waals surface area contributed by atoms with E-state index in [0.29, 0.717) is 36.0 Å². The second kappa shape index (κ2) is 8.99. The molecule has 0 aliphatic heterocycles. The van der Waals surface area contributed by atoms with Crippen molar-refractivity contribution in [3.8, 4) is 11.5 Å². The number of nitrogens with zero attached hydrogens (tertiary/aromatic N) is 1. The average Bonchev–Trinajstić information content (AvgIpc) is 3.06. The minimum Gasteiger partial charge on any atom is -0.441 e. The van der Waals surface area contributed by atoms with Crippen LogP contribution in [0.4, 0.5) is 0 Å². The van der Waals surface area contributed by atoms with Gasteiger partial charge in [-0.25, -0.2) is 4.98 Å². The topological polar surface area (TPSA) is 84.2 Å². The maximum absolute atomic E-state index is 12.2. The van der Waals surface area contributed by atoms with Gasteiger partial charge >= 0.3 is 0 Å². The third kappa shape index (κ3) is 5.07. The van der Waals surface area contributed by atoms with Crippen molar-refractivity contribution in [2.75, 3.05) is 13.1 Å². The molecule has 0 spiro atoms. The lowest BCUT2D eigenvalue weighted by Crippen LogP contribution is -2.35. The summed E-state index contributed by atoms with van der Waals surface area (Å²) in [5, 5.41) is 5.56. The first-order chi connectivity index (χ1) is 13.5. The van der Waals surface area contributed by atoms with Crippen LogP contribution >= 0.6 is 0 Å². The molecule has 1 aromatic heterocycles. The largest absolute Gasteiger partial charge is 0.441 e. The minimum atomic E-state index is -0.166. The number of hydrogen-bond acceptors (Lipinski definition) is 4. The van der Waals surface area contributed by atoms with E-state index in [1.54, 1.807) is 19.1 Å². The number of aryl methyl sites for hydroxylation is 2. The molecule has 0 radical (unpaired) electrons. The van der Waals surface area contributed by atoms with Crippen molar-refractivity contribution < 1.29 is 14.0 Å². The number of rotatable bonds is 7. The highest BCUT2D eigenvalue weighted by Gasteiger charge is 2.14. The number of carbonyl (C=O) groups excluding carboxylic acids is 2. The van der Waals surface area contributed by atoms with Crippen molar-refractivity contribution in [1.82, 2.24) is 15.6 Å². The van der Waals surface area contributed by atoms with E-state index < -0.39 is 0 Å². The Bertz CT molecular complexity index is 947. The van der Waals surface area contributed by atoms with Crippen LogP contribution in [0.1, 0.15) is 27.4 Å². The molecule has 0 aliphatic carbocycles. The number of benzene rings is 2. The van der Waals surface area contributed by atoms with E-state index in [4.69, 9.17) is 4.42 Å². The SMILES string of the molecule is Cc1ccc(-c2nc(CC(=O)NCCNC(=O)c3ccccc3)c(C)o2)cc1.